The molecule has 3 rings (SSSR count). The number of likely N-dealkylation sites (tertiary alicyclic amines) is 2. The van der Waals surface area contributed by atoms with E-state index in [4.69, 9.17) is 9.47 Å². The highest BCUT2D eigenvalue weighted by molar-refractivity contribution is 5.68. The number of alkyl halides is 6. The summed E-state index contributed by atoms with van der Waals surface area (Å²) >= 11 is 0. The maximum Gasteiger partial charge on any atom is 0.410 e. The fourth-order valence-corrected chi connectivity index (χ4v) is 4.80. The van der Waals surface area contributed by atoms with Gasteiger partial charge in [-0.25, -0.2) is 27.2 Å². The van der Waals surface area contributed by atoms with Gasteiger partial charge < -0.3 is 39.9 Å². The van der Waals surface area contributed by atoms with Gasteiger partial charge in [-0.1, -0.05) is 32.9 Å². The first-order valence-corrected chi connectivity index (χ1v) is 16.4. The largest absolute Gasteiger partial charge is 0.444 e. The van der Waals surface area contributed by atoms with Gasteiger partial charge in [-0.15, -0.1) is 0 Å². The Morgan fingerprint density at radius 3 is 1.35 bits per heavy atom. The SMILES string of the molecule is C.C.CC(C)(C)OC(=O)N1CCC(O)(/C=C/C(F)F)CC1.CC(C)(C)OC(=O)N1CCC(O)(C#CC(F)F)CC1.OC1(/C=C/C(F)F)CCNCC1. The van der Waals surface area contributed by atoms with Gasteiger partial charge in [-0.05, 0) is 98.4 Å². The number of ether oxygens (including phenoxy) is 2. The molecule has 0 atom stereocenters. The lowest BCUT2D eigenvalue weighted by Crippen LogP contribution is -2.47. The maximum atomic E-state index is 12.1. The molecule has 3 heterocycles. The van der Waals surface area contributed by atoms with Crippen molar-refractivity contribution in [2.45, 2.75) is 142 Å². The normalized spacial score (nSPS) is 19.7. The zero-order valence-corrected chi connectivity index (χ0v) is 29.7. The molecule has 52 heavy (non-hydrogen) atoms. The van der Waals surface area contributed by atoms with Crippen LogP contribution in [0.15, 0.2) is 24.3 Å². The first-order valence-electron chi connectivity index (χ1n) is 16.4. The highest BCUT2D eigenvalue weighted by atomic mass is 19.3. The van der Waals surface area contributed by atoms with E-state index in [0.29, 0.717) is 45.1 Å². The van der Waals surface area contributed by atoms with Crippen LogP contribution in [0.3, 0.4) is 0 Å². The van der Waals surface area contributed by atoms with E-state index in [9.17, 15) is 51.3 Å². The molecule has 4 N–H and O–H groups in total. The second-order valence-electron chi connectivity index (χ2n) is 14.4. The lowest BCUT2D eigenvalue weighted by Gasteiger charge is -2.37. The van der Waals surface area contributed by atoms with E-state index in [2.05, 4.69) is 11.2 Å². The van der Waals surface area contributed by atoms with Crippen LogP contribution < -0.4 is 5.32 Å². The minimum Gasteiger partial charge on any atom is -0.444 e. The van der Waals surface area contributed by atoms with Gasteiger partial charge in [0.2, 0.25) is 0 Å². The van der Waals surface area contributed by atoms with E-state index in [1.54, 1.807) is 47.5 Å². The van der Waals surface area contributed by atoms with Crippen LogP contribution in [0.1, 0.15) is 94.9 Å². The zero-order valence-electron chi connectivity index (χ0n) is 29.7. The molecule has 0 aliphatic carbocycles. The number of piperidine rings is 3. The number of halogens is 6. The molecule has 0 saturated carbocycles. The average Bonchev–Trinajstić information content (AvgIpc) is 2.98. The molecule has 0 radical (unpaired) electrons. The number of rotatable bonds is 4. The van der Waals surface area contributed by atoms with Gasteiger partial charge in [-0.3, -0.25) is 0 Å². The number of hydrogen-bond acceptors (Lipinski definition) is 8. The van der Waals surface area contributed by atoms with Crippen molar-refractivity contribution in [2.24, 2.45) is 0 Å². The van der Waals surface area contributed by atoms with E-state index >= 15 is 0 Å². The quantitative estimate of drug-likeness (QED) is 0.140. The summed E-state index contributed by atoms with van der Waals surface area (Å²) in [5.74, 6) is 3.85. The van der Waals surface area contributed by atoms with Crippen molar-refractivity contribution in [2.75, 3.05) is 39.3 Å². The second-order valence-corrected chi connectivity index (χ2v) is 14.4. The number of nitrogens with zero attached hydrogens (tertiary/aromatic N) is 2. The van der Waals surface area contributed by atoms with Crippen molar-refractivity contribution < 1.29 is 60.7 Å². The molecule has 2 amide bonds. The molecule has 3 fully saturated rings. The number of aliphatic hydroxyl groups is 3. The Balaban J connectivity index is 0. The molecule has 304 valence electrons. The summed E-state index contributed by atoms with van der Waals surface area (Å²) < 4.78 is 82.0. The third-order valence-electron chi connectivity index (χ3n) is 7.51. The summed E-state index contributed by atoms with van der Waals surface area (Å²) in [5.41, 5.74) is -4.85. The average molecular weight is 762 g/mol. The smallest absolute Gasteiger partial charge is 0.410 e. The monoisotopic (exact) mass is 761 g/mol. The first kappa shape index (κ1) is 51.1. The predicted molar refractivity (Wildman–Crippen MR) is 189 cm³/mol. The van der Waals surface area contributed by atoms with E-state index in [0.717, 1.165) is 12.2 Å². The summed E-state index contributed by atoms with van der Waals surface area (Å²) in [6, 6.07) is 0. The Labute approximate surface area is 305 Å². The summed E-state index contributed by atoms with van der Waals surface area (Å²) in [5, 5.41) is 32.7. The van der Waals surface area contributed by atoms with Crippen LogP contribution in [0.4, 0.5) is 35.9 Å². The van der Waals surface area contributed by atoms with E-state index in [1.807, 2.05) is 0 Å². The number of carbonyl (C=O) groups is 2. The van der Waals surface area contributed by atoms with Crippen LogP contribution in [-0.4, -0.2) is 124 Å². The molecule has 0 bridgehead atoms. The van der Waals surface area contributed by atoms with Crippen LogP contribution in [-0.2, 0) is 9.47 Å². The molecule has 10 nitrogen and oxygen atoms in total. The van der Waals surface area contributed by atoms with Crippen LogP contribution in [0, 0.1) is 11.8 Å². The van der Waals surface area contributed by atoms with Gasteiger partial charge in [0.15, 0.2) is 0 Å². The van der Waals surface area contributed by atoms with E-state index in [-0.39, 0.29) is 53.6 Å². The molecule has 0 aromatic heterocycles. The van der Waals surface area contributed by atoms with E-state index < -0.39 is 59.5 Å². The van der Waals surface area contributed by atoms with Gasteiger partial charge in [0, 0.05) is 39.0 Å². The Kier molecular flexibility index (Phi) is 21.9. The van der Waals surface area contributed by atoms with Gasteiger partial charge in [-0.2, -0.15) is 8.78 Å². The van der Waals surface area contributed by atoms with Gasteiger partial charge >= 0.3 is 12.2 Å². The fourth-order valence-electron chi connectivity index (χ4n) is 4.80. The van der Waals surface area contributed by atoms with Crippen molar-refractivity contribution in [1.82, 2.24) is 15.1 Å². The predicted octanol–water partition coefficient (Wildman–Crippen LogP) is 6.78. The number of hydrogen-bond donors (Lipinski definition) is 4. The first-order chi connectivity index (χ1) is 22.8. The molecule has 3 aliphatic heterocycles. The number of nitrogens with one attached hydrogen (secondary N) is 1. The lowest BCUT2D eigenvalue weighted by molar-refractivity contribution is -0.00947. The number of carbonyl (C=O) groups excluding carboxylic acids is 2. The minimum atomic E-state index is -2.76. The highest BCUT2D eigenvalue weighted by Gasteiger charge is 2.35. The Hall–Kier alpha value is -3.00. The van der Waals surface area contributed by atoms with Crippen molar-refractivity contribution in [3.05, 3.63) is 24.3 Å². The topological polar surface area (TPSA) is 132 Å². The summed E-state index contributed by atoms with van der Waals surface area (Å²) in [4.78, 5) is 26.5. The number of allylic oxidation sites excluding steroid dienone is 2. The third kappa shape index (κ3) is 22.2. The molecule has 0 unspecified atom stereocenters. The van der Waals surface area contributed by atoms with Crippen LogP contribution in [0.5, 0.6) is 0 Å². The second kappa shape index (κ2) is 22.3. The summed E-state index contributed by atoms with van der Waals surface area (Å²) in [6.07, 6.45) is -3.14. The molecule has 0 spiro atoms. The van der Waals surface area contributed by atoms with Gasteiger partial charge in [0.25, 0.3) is 19.3 Å². The molecule has 0 aromatic rings. The van der Waals surface area contributed by atoms with Crippen molar-refractivity contribution in [3.63, 3.8) is 0 Å². The fraction of sp³-hybridized carbons (Fsp3) is 0.778. The van der Waals surface area contributed by atoms with Crippen LogP contribution in [0.2, 0.25) is 0 Å². The Morgan fingerprint density at radius 2 is 1.02 bits per heavy atom. The van der Waals surface area contributed by atoms with Crippen molar-refractivity contribution >= 4 is 12.2 Å². The Morgan fingerprint density at radius 1 is 0.673 bits per heavy atom. The van der Waals surface area contributed by atoms with Gasteiger partial charge in [0.1, 0.15) is 16.8 Å². The molecule has 3 saturated heterocycles. The highest BCUT2D eigenvalue weighted by Crippen LogP contribution is 2.26. The number of amides is 2. The van der Waals surface area contributed by atoms with Crippen molar-refractivity contribution in [3.8, 4) is 11.8 Å². The maximum absolute atomic E-state index is 12.1. The molecule has 16 heteroatoms. The standard InChI is InChI=1S/C13H21F2NO3.C13H19F2NO3.C8H13F2NO.2CH4/c2*1-12(2,3)19-11(17)16-8-6-13(18,7-9-16)5-4-10(14)15;9-7(10)1-2-8(12)3-5-11-6-4-8;;/h4-5,10,18H,6-9H2,1-3H3;10,18H,6-9H2,1-3H3;1-2,7,11-12H,3-6H2;2*1H4/b5-4+;;2-1+;;. The lowest BCUT2D eigenvalue weighted by atomic mass is 9.91. The Bertz CT molecular complexity index is 1170. The summed E-state index contributed by atoms with van der Waals surface area (Å²) in [7, 11) is 0. The third-order valence-corrected chi connectivity index (χ3v) is 7.51. The molecular weight excluding hydrogens is 700 g/mol. The van der Waals surface area contributed by atoms with Gasteiger partial charge in [0.05, 0.1) is 11.2 Å². The van der Waals surface area contributed by atoms with Crippen molar-refractivity contribution in [1.29, 1.82) is 0 Å². The summed E-state index contributed by atoms with van der Waals surface area (Å²) in [6.45, 7) is 13.0. The zero-order chi connectivity index (χ0) is 38.4. The van der Waals surface area contributed by atoms with E-state index in [1.165, 1.54) is 15.9 Å². The van der Waals surface area contributed by atoms with Crippen LogP contribution >= 0.6 is 0 Å². The molecule has 3 aliphatic rings. The van der Waals surface area contributed by atoms with Crippen LogP contribution in [0.25, 0.3) is 0 Å². The molecular formula is C36H61F6N3O7. The molecule has 0 aromatic carbocycles. The minimum absolute atomic E-state index is 0.